The first-order valence-corrected chi connectivity index (χ1v) is 3.96. The molecule has 1 saturated heterocycles. The van der Waals surface area contributed by atoms with E-state index < -0.39 is 11.4 Å². The monoisotopic (exact) mass is 184 g/mol. The van der Waals surface area contributed by atoms with E-state index >= 15 is 0 Å². The smallest absolute Gasteiger partial charge is 0.333 e. The zero-order valence-corrected chi connectivity index (χ0v) is 7.92. The van der Waals surface area contributed by atoms with Crippen LogP contribution in [0.4, 0.5) is 0 Å². The number of methoxy groups -OCH3 is 1. The lowest BCUT2D eigenvalue weighted by Crippen LogP contribution is -2.10. The van der Waals surface area contributed by atoms with Crippen LogP contribution in [-0.4, -0.2) is 19.0 Å². The van der Waals surface area contributed by atoms with Crippen molar-refractivity contribution in [1.82, 2.24) is 0 Å². The van der Waals surface area contributed by atoms with Crippen molar-refractivity contribution in [3.8, 4) is 0 Å². The number of rotatable bonds is 1. The van der Waals surface area contributed by atoms with Crippen LogP contribution in [0.25, 0.3) is 0 Å². The molecule has 0 unspecified atom stereocenters. The summed E-state index contributed by atoms with van der Waals surface area (Å²) < 4.78 is 9.30. The van der Waals surface area contributed by atoms with Gasteiger partial charge in [0.05, 0.1) is 19.6 Å². The molecular formula is C9H12O4. The minimum Gasteiger partial charge on any atom is -0.466 e. The van der Waals surface area contributed by atoms with Crippen LogP contribution in [0.5, 0.6) is 0 Å². The van der Waals surface area contributed by atoms with E-state index in [-0.39, 0.29) is 5.97 Å². The van der Waals surface area contributed by atoms with E-state index in [2.05, 4.69) is 4.74 Å². The molecule has 4 nitrogen and oxygen atoms in total. The van der Waals surface area contributed by atoms with Crippen LogP contribution in [0.1, 0.15) is 20.3 Å². The lowest BCUT2D eigenvalue weighted by Gasteiger charge is -2.13. The maximum absolute atomic E-state index is 10.9. The van der Waals surface area contributed by atoms with E-state index in [1.54, 1.807) is 0 Å². The number of cyclic esters (lactones) is 1. The fourth-order valence-corrected chi connectivity index (χ4v) is 1.14. The van der Waals surface area contributed by atoms with Gasteiger partial charge in [0, 0.05) is 5.41 Å². The van der Waals surface area contributed by atoms with Gasteiger partial charge in [-0.05, 0) is 0 Å². The summed E-state index contributed by atoms with van der Waals surface area (Å²) in [7, 11) is 1.28. The van der Waals surface area contributed by atoms with Gasteiger partial charge in [-0.15, -0.1) is 0 Å². The Morgan fingerprint density at radius 3 is 2.62 bits per heavy atom. The zero-order valence-electron chi connectivity index (χ0n) is 7.92. The molecule has 0 amide bonds. The van der Waals surface area contributed by atoms with Crippen LogP contribution in [0.15, 0.2) is 11.8 Å². The molecule has 1 aliphatic rings. The SMILES string of the molecule is COC(=O)/C=C1/OC(=O)CC1(C)C. The lowest BCUT2D eigenvalue weighted by atomic mass is 9.89. The Labute approximate surface area is 76.5 Å². The molecule has 0 aromatic heterocycles. The molecule has 0 atom stereocenters. The van der Waals surface area contributed by atoms with E-state index in [0.29, 0.717) is 12.2 Å². The zero-order chi connectivity index (χ0) is 10.1. The number of hydrogen-bond acceptors (Lipinski definition) is 4. The van der Waals surface area contributed by atoms with Gasteiger partial charge in [0.25, 0.3) is 0 Å². The Balaban J connectivity index is 2.86. The molecule has 72 valence electrons. The van der Waals surface area contributed by atoms with E-state index in [0.717, 1.165) is 0 Å². The Hall–Kier alpha value is -1.32. The standard InChI is InChI=1S/C9H12O4/c1-9(2)5-8(11)13-6(9)4-7(10)12-3/h4H,5H2,1-3H3/b6-4+. The van der Waals surface area contributed by atoms with E-state index in [4.69, 9.17) is 4.74 Å². The molecule has 0 aromatic carbocycles. The van der Waals surface area contributed by atoms with E-state index in [1.165, 1.54) is 13.2 Å². The highest BCUT2D eigenvalue weighted by Gasteiger charge is 2.37. The summed E-state index contributed by atoms with van der Waals surface area (Å²) in [6, 6.07) is 0. The normalized spacial score (nSPS) is 23.0. The average molecular weight is 184 g/mol. The summed E-state index contributed by atoms with van der Waals surface area (Å²) in [5.41, 5.74) is -0.398. The maximum Gasteiger partial charge on any atom is 0.333 e. The van der Waals surface area contributed by atoms with Crippen LogP contribution < -0.4 is 0 Å². The Morgan fingerprint density at radius 1 is 1.62 bits per heavy atom. The van der Waals surface area contributed by atoms with Crippen molar-refractivity contribution in [2.45, 2.75) is 20.3 Å². The summed E-state index contributed by atoms with van der Waals surface area (Å²) in [4.78, 5) is 21.8. The first-order valence-electron chi connectivity index (χ1n) is 3.96. The van der Waals surface area contributed by atoms with Gasteiger partial charge in [0.1, 0.15) is 5.76 Å². The minimum absolute atomic E-state index is 0.301. The van der Waals surface area contributed by atoms with Crippen molar-refractivity contribution in [2.75, 3.05) is 7.11 Å². The summed E-state index contributed by atoms with van der Waals surface area (Å²) in [5, 5.41) is 0. The highest BCUT2D eigenvalue weighted by molar-refractivity contribution is 5.85. The van der Waals surface area contributed by atoms with Crippen molar-refractivity contribution < 1.29 is 19.1 Å². The Kier molecular flexibility index (Phi) is 2.40. The van der Waals surface area contributed by atoms with Crippen LogP contribution in [-0.2, 0) is 19.1 Å². The van der Waals surface area contributed by atoms with Crippen LogP contribution in [0, 0.1) is 5.41 Å². The fourth-order valence-electron chi connectivity index (χ4n) is 1.14. The number of allylic oxidation sites excluding steroid dienone is 1. The molecule has 1 heterocycles. The second-order valence-electron chi connectivity index (χ2n) is 3.57. The first kappa shape index (κ1) is 9.77. The lowest BCUT2D eigenvalue weighted by molar-refractivity contribution is -0.136. The third-order valence-electron chi connectivity index (χ3n) is 1.93. The van der Waals surface area contributed by atoms with Crippen molar-refractivity contribution in [3.63, 3.8) is 0 Å². The summed E-state index contributed by atoms with van der Waals surface area (Å²) in [6.07, 6.45) is 1.51. The van der Waals surface area contributed by atoms with E-state index in [1.807, 2.05) is 13.8 Å². The van der Waals surface area contributed by atoms with Gasteiger partial charge < -0.3 is 9.47 Å². The molecule has 0 bridgehead atoms. The average Bonchev–Trinajstić information content (AvgIpc) is 2.24. The van der Waals surface area contributed by atoms with Gasteiger partial charge in [-0.3, -0.25) is 4.79 Å². The third-order valence-corrected chi connectivity index (χ3v) is 1.93. The van der Waals surface area contributed by atoms with Gasteiger partial charge in [-0.2, -0.15) is 0 Å². The van der Waals surface area contributed by atoms with Gasteiger partial charge in [-0.1, -0.05) is 13.8 Å². The Morgan fingerprint density at radius 2 is 2.23 bits per heavy atom. The van der Waals surface area contributed by atoms with Crippen molar-refractivity contribution >= 4 is 11.9 Å². The van der Waals surface area contributed by atoms with Crippen molar-refractivity contribution in [1.29, 1.82) is 0 Å². The van der Waals surface area contributed by atoms with Crippen molar-refractivity contribution in [2.24, 2.45) is 5.41 Å². The molecule has 13 heavy (non-hydrogen) atoms. The maximum atomic E-state index is 10.9. The molecule has 4 heteroatoms. The number of esters is 2. The highest BCUT2D eigenvalue weighted by atomic mass is 16.6. The molecule has 0 aliphatic carbocycles. The molecular weight excluding hydrogens is 172 g/mol. The molecule has 0 N–H and O–H groups in total. The molecule has 0 aromatic rings. The molecule has 1 rings (SSSR count). The molecule has 1 fully saturated rings. The molecule has 0 radical (unpaired) electrons. The van der Waals surface area contributed by atoms with Gasteiger partial charge >= 0.3 is 11.9 Å². The van der Waals surface area contributed by atoms with Crippen LogP contribution in [0.3, 0.4) is 0 Å². The van der Waals surface area contributed by atoms with Gasteiger partial charge in [0.2, 0.25) is 0 Å². The predicted molar refractivity (Wildman–Crippen MR) is 44.6 cm³/mol. The second kappa shape index (κ2) is 3.20. The number of carbonyl (C=O) groups is 2. The van der Waals surface area contributed by atoms with Crippen LogP contribution in [0.2, 0.25) is 0 Å². The summed E-state index contributed by atoms with van der Waals surface area (Å²) in [6.45, 7) is 3.68. The Bertz CT molecular complexity index is 275. The highest BCUT2D eigenvalue weighted by Crippen LogP contribution is 2.37. The van der Waals surface area contributed by atoms with Gasteiger partial charge in [-0.25, -0.2) is 4.79 Å². The first-order chi connectivity index (χ1) is 5.95. The number of ether oxygens (including phenoxy) is 2. The molecule has 0 spiro atoms. The minimum atomic E-state index is -0.502. The summed E-state index contributed by atoms with van der Waals surface area (Å²) in [5.74, 6) is -0.428. The van der Waals surface area contributed by atoms with Crippen LogP contribution >= 0.6 is 0 Å². The molecule has 1 aliphatic heterocycles. The number of carbonyl (C=O) groups excluding carboxylic acids is 2. The fraction of sp³-hybridized carbons (Fsp3) is 0.556. The predicted octanol–water partition coefficient (Wildman–Crippen LogP) is 1.02. The third kappa shape index (κ3) is 2.08. The topological polar surface area (TPSA) is 52.6 Å². The quantitative estimate of drug-likeness (QED) is 0.451. The summed E-state index contributed by atoms with van der Waals surface area (Å²) >= 11 is 0. The largest absolute Gasteiger partial charge is 0.466 e. The number of hydrogen-bond donors (Lipinski definition) is 0. The van der Waals surface area contributed by atoms with E-state index in [9.17, 15) is 9.59 Å². The van der Waals surface area contributed by atoms with Crippen molar-refractivity contribution in [3.05, 3.63) is 11.8 Å². The van der Waals surface area contributed by atoms with Gasteiger partial charge in [0.15, 0.2) is 0 Å². The molecule has 0 saturated carbocycles. The second-order valence-corrected chi connectivity index (χ2v) is 3.57.